The molecule has 2 saturated carbocycles. The summed E-state index contributed by atoms with van der Waals surface area (Å²) in [5.74, 6) is -0.970. The summed E-state index contributed by atoms with van der Waals surface area (Å²) in [5, 5.41) is 3.03. The maximum absolute atomic E-state index is 13.2. The molecule has 2 atom stereocenters. The van der Waals surface area contributed by atoms with Gasteiger partial charge in [0.15, 0.2) is 0 Å². The Bertz CT molecular complexity index is 604. The Morgan fingerprint density at radius 2 is 2.00 bits per heavy atom. The summed E-state index contributed by atoms with van der Waals surface area (Å²) in [6.45, 7) is 0. The van der Waals surface area contributed by atoms with Crippen LogP contribution in [-0.2, 0) is 4.79 Å². The summed E-state index contributed by atoms with van der Waals surface area (Å²) >= 11 is 0. The van der Waals surface area contributed by atoms with Gasteiger partial charge in [0.25, 0.3) is 5.91 Å². The van der Waals surface area contributed by atoms with Crippen LogP contribution in [0.25, 0.3) is 0 Å². The Balaban J connectivity index is 1.79. The van der Waals surface area contributed by atoms with Gasteiger partial charge in [-0.2, -0.15) is 0 Å². The third kappa shape index (κ3) is 2.41. The van der Waals surface area contributed by atoms with Gasteiger partial charge in [-0.1, -0.05) is 12.5 Å². The van der Waals surface area contributed by atoms with Gasteiger partial charge in [0.2, 0.25) is 5.91 Å². The SMILES string of the molecule is NC(=O)C12CCCC(NC(=O)c3cccc(F)c3)(CC1)C2. The van der Waals surface area contributed by atoms with E-state index in [0.29, 0.717) is 12.0 Å². The van der Waals surface area contributed by atoms with E-state index in [1.54, 1.807) is 6.07 Å². The van der Waals surface area contributed by atoms with E-state index in [9.17, 15) is 14.0 Å². The minimum absolute atomic E-state index is 0.260. The molecule has 21 heavy (non-hydrogen) atoms. The maximum atomic E-state index is 13.2. The zero-order chi connectivity index (χ0) is 15.1. The van der Waals surface area contributed by atoms with Gasteiger partial charge in [-0.3, -0.25) is 9.59 Å². The topological polar surface area (TPSA) is 72.2 Å². The lowest BCUT2D eigenvalue weighted by atomic mass is 9.72. The van der Waals surface area contributed by atoms with Crippen molar-refractivity contribution in [3.8, 4) is 0 Å². The summed E-state index contributed by atoms with van der Waals surface area (Å²) in [6.07, 6.45) is 4.63. The molecule has 2 amide bonds. The van der Waals surface area contributed by atoms with Crippen molar-refractivity contribution in [1.82, 2.24) is 5.32 Å². The molecule has 1 aromatic carbocycles. The molecule has 1 aromatic rings. The van der Waals surface area contributed by atoms with Crippen molar-refractivity contribution in [2.75, 3.05) is 0 Å². The van der Waals surface area contributed by atoms with E-state index in [1.165, 1.54) is 18.2 Å². The standard InChI is InChI=1S/C16H19FN2O2/c17-12-4-1-3-11(9-12)13(20)19-16-6-2-5-15(10-16,7-8-16)14(18)21/h1,3-4,9H,2,5-8,10H2,(H2,18,21)(H,19,20). The molecule has 0 aromatic heterocycles. The molecule has 2 unspecified atom stereocenters. The number of fused-ring (bicyclic) bond motifs is 2. The second kappa shape index (κ2) is 4.83. The summed E-state index contributed by atoms with van der Waals surface area (Å²) in [5.41, 5.74) is 5.04. The predicted molar refractivity (Wildman–Crippen MR) is 75.9 cm³/mol. The molecule has 3 rings (SSSR count). The minimum atomic E-state index is -0.465. The van der Waals surface area contributed by atoms with Gasteiger partial charge in [-0.05, 0) is 50.3 Å². The summed E-state index contributed by atoms with van der Waals surface area (Å²) in [4.78, 5) is 24.1. The molecule has 0 spiro atoms. The smallest absolute Gasteiger partial charge is 0.251 e. The first-order valence-electron chi connectivity index (χ1n) is 7.33. The molecule has 0 radical (unpaired) electrons. The highest BCUT2D eigenvalue weighted by Crippen LogP contribution is 2.53. The average Bonchev–Trinajstić information content (AvgIpc) is 2.71. The highest BCUT2D eigenvalue weighted by atomic mass is 19.1. The second-order valence-corrected chi connectivity index (χ2v) is 6.42. The molecule has 5 heteroatoms. The molecule has 0 saturated heterocycles. The lowest BCUT2D eigenvalue weighted by Crippen LogP contribution is -2.51. The fraction of sp³-hybridized carbons (Fsp3) is 0.500. The highest BCUT2D eigenvalue weighted by molar-refractivity contribution is 5.95. The monoisotopic (exact) mass is 290 g/mol. The van der Waals surface area contributed by atoms with E-state index >= 15 is 0 Å². The molecule has 0 aliphatic heterocycles. The van der Waals surface area contributed by atoms with E-state index in [-0.39, 0.29) is 17.4 Å². The zero-order valence-corrected chi connectivity index (χ0v) is 11.8. The number of hydrogen-bond donors (Lipinski definition) is 2. The van der Waals surface area contributed by atoms with Gasteiger partial charge in [-0.15, -0.1) is 0 Å². The van der Waals surface area contributed by atoms with Gasteiger partial charge in [0, 0.05) is 11.1 Å². The number of carbonyl (C=O) groups is 2. The normalized spacial score (nSPS) is 30.9. The van der Waals surface area contributed by atoms with Gasteiger partial charge in [-0.25, -0.2) is 4.39 Å². The molecular formula is C16H19FN2O2. The number of benzene rings is 1. The van der Waals surface area contributed by atoms with Crippen molar-refractivity contribution < 1.29 is 14.0 Å². The number of nitrogens with two attached hydrogens (primary N) is 1. The Morgan fingerprint density at radius 1 is 1.19 bits per heavy atom. The Morgan fingerprint density at radius 3 is 2.71 bits per heavy atom. The number of rotatable bonds is 3. The first-order chi connectivity index (χ1) is 9.95. The summed E-state index contributed by atoms with van der Waals surface area (Å²) < 4.78 is 13.2. The van der Waals surface area contributed by atoms with E-state index in [4.69, 9.17) is 5.73 Å². The van der Waals surface area contributed by atoms with Crippen LogP contribution in [0.15, 0.2) is 24.3 Å². The van der Waals surface area contributed by atoms with Gasteiger partial charge >= 0.3 is 0 Å². The minimum Gasteiger partial charge on any atom is -0.369 e. The first kappa shape index (κ1) is 14.0. The maximum Gasteiger partial charge on any atom is 0.251 e. The third-order valence-corrected chi connectivity index (χ3v) is 5.06. The summed E-state index contributed by atoms with van der Waals surface area (Å²) in [7, 11) is 0. The average molecular weight is 290 g/mol. The van der Waals surface area contributed by atoms with Crippen LogP contribution >= 0.6 is 0 Å². The molecule has 2 fully saturated rings. The predicted octanol–water partition coefficient (Wildman–Crippen LogP) is 2.13. The number of amides is 2. The van der Waals surface area contributed by atoms with E-state index in [2.05, 4.69) is 5.32 Å². The molecule has 3 N–H and O–H groups in total. The molecule has 112 valence electrons. The fourth-order valence-corrected chi connectivity index (χ4v) is 3.94. The molecule has 2 aliphatic carbocycles. The van der Waals surface area contributed by atoms with Crippen LogP contribution in [0.4, 0.5) is 4.39 Å². The van der Waals surface area contributed by atoms with E-state index in [1.807, 2.05) is 0 Å². The number of nitrogens with one attached hydrogen (secondary N) is 1. The molecule has 4 nitrogen and oxygen atoms in total. The Kier molecular flexibility index (Phi) is 3.23. The number of carbonyl (C=O) groups excluding carboxylic acids is 2. The van der Waals surface area contributed by atoms with Crippen molar-refractivity contribution in [3.63, 3.8) is 0 Å². The van der Waals surface area contributed by atoms with Crippen LogP contribution in [0.1, 0.15) is 48.9 Å². The summed E-state index contributed by atoms with van der Waals surface area (Å²) in [6, 6.07) is 5.65. The quantitative estimate of drug-likeness (QED) is 0.895. The van der Waals surface area contributed by atoms with Crippen LogP contribution in [0.3, 0.4) is 0 Å². The van der Waals surface area contributed by atoms with Gasteiger partial charge in [0.05, 0.1) is 5.41 Å². The molecule has 0 heterocycles. The number of halogens is 1. The van der Waals surface area contributed by atoms with Crippen LogP contribution in [-0.4, -0.2) is 17.4 Å². The molecule has 2 aliphatic rings. The third-order valence-electron chi connectivity index (χ3n) is 5.06. The zero-order valence-electron chi connectivity index (χ0n) is 11.8. The van der Waals surface area contributed by atoms with Crippen LogP contribution < -0.4 is 11.1 Å². The lowest BCUT2D eigenvalue weighted by molar-refractivity contribution is -0.128. The van der Waals surface area contributed by atoms with Crippen LogP contribution in [0.5, 0.6) is 0 Å². The largest absolute Gasteiger partial charge is 0.369 e. The van der Waals surface area contributed by atoms with Crippen LogP contribution in [0, 0.1) is 11.2 Å². The molecule has 2 bridgehead atoms. The van der Waals surface area contributed by atoms with Gasteiger partial charge < -0.3 is 11.1 Å². The van der Waals surface area contributed by atoms with Crippen LogP contribution in [0.2, 0.25) is 0 Å². The van der Waals surface area contributed by atoms with E-state index in [0.717, 1.165) is 32.1 Å². The first-order valence-corrected chi connectivity index (χ1v) is 7.33. The van der Waals surface area contributed by atoms with Crippen molar-refractivity contribution in [2.24, 2.45) is 11.1 Å². The van der Waals surface area contributed by atoms with Crippen molar-refractivity contribution in [1.29, 1.82) is 0 Å². The Labute approximate surface area is 122 Å². The number of primary amides is 1. The lowest BCUT2D eigenvalue weighted by Gasteiger charge is -2.38. The fourth-order valence-electron chi connectivity index (χ4n) is 3.94. The van der Waals surface area contributed by atoms with Gasteiger partial charge in [0.1, 0.15) is 5.82 Å². The van der Waals surface area contributed by atoms with E-state index < -0.39 is 11.2 Å². The highest BCUT2D eigenvalue weighted by Gasteiger charge is 2.54. The second-order valence-electron chi connectivity index (χ2n) is 6.42. The van der Waals surface area contributed by atoms with Crippen molar-refractivity contribution in [3.05, 3.63) is 35.6 Å². The number of hydrogen-bond acceptors (Lipinski definition) is 2. The molecular weight excluding hydrogens is 271 g/mol. The Hall–Kier alpha value is -1.91. The van der Waals surface area contributed by atoms with Crippen molar-refractivity contribution >= 4 is 11.8 Å². The van der Waals surface area contributed by atoms with Crippen molar-refractivity contribution in [2.45, 2.75) is 44.1 Å².